The van der Waals surface area contributed by atoms with Crippen molar-refractivity contribution in [2.75, 3.05) is 0 Å². The molecule has 2 heterocycles. The Morgan fingerprint density at radius 2 is 1.76 bits per heavy atom. The zero-order valence-corrected chi connectivity index (χ0v) is 14.5. The van der Waals surface area contributed by atoms with Crippen LogP contribution in [0.25, 0.3) is 16.7 Å². The molecule has 0 aliphatic rings. The van der Waals surface area contributed by atoms with E-state index in [1.54, 1.807) is 16.7 Å². The Morgan fingerprint density at radius 3 is 2.48 bits per heavy atom. The Labute approximate surface area is 150 Å². The van der Waals surface area contributed by atoms with Gasteiger partial charge in [0, 0.05) is 4.47 Å². The highest BCUT2D eigenvalue weighted by Gasteiger charge is 2.11. The second-order valence-electron chi connectivity index (χ2n) is 5.57. The molecule has 0 atom stereocenters. The lowest BCUT2D eigenvalue weighted by Gasteiger charge is -2.07. The van der Waals surface area contributed by atoms with Crippen molar-refractivity contribution in [3.63, 3.8) is 0 Å². The molecule has 0 fully saturated rings. The van der Waals surface area contributed by atoms with Crippen molar-refractivity contribution in [2.24, 2.45) is 0 Å². The zero-order valence-electron chi connectivity index (χ0n) is 12.9. The van der Waals surface area contributed by atoms with Crippen LogP contribution in [0.3, 0.4) is 0 Å². The summed E-state index contributed by atoms with van der Waals surface area (Å²) in [6.45, 7) is 0.427. The number of fused-ring (bicyclic) bond motifs is 1. The fourth-order valence-electron chi connectivity index (χ4n) is 2.62. The van der Waals surface area contributed by atoms with E-state index in [9.17, 15) is 9.18 Å². The second kappa shape index (κ2) is 6.25. The highest BCUT2D eigenvalue weighted by molar-refractivity contribution is 9.10. The van der Waals surface area contributed by atoms with Crippen molar-refractivity contribution >= 4 is 27.0 Å². The predicted molar refractivity (Wildman–Crippen MR) is 96.3 cm³/mol. The van der Waals surface area contributed by atoms with E-state index in [4.69, 9.17) is 0 Å². The minimum Gasteiger partial charge on any atom is -0.294 e. The maximum atomic E-state index is 13.1. The van der Waals surface area contributed by atoms with Crippen molar-refractivity contribution in [1.29, 1.82) is 0 Å². The summed E-state index contributed by atoms with van der Waals surface area (Å²) in [7, 11) is 0. The Bertz CT molecular complexity index is 1100. The number of hydrogen-bond acceptors (Lipinski definition) is 3. The van der Waals surface area contributed by atoms with Crippen LogP contribution < -0.4 is 5.56 Å². The summed E-state index contributed by atoms with van der Waals surface area (Å²) in [6.07, 6.45) is 3.00. The van der Waals surface area contributed by atoms with Crippen LogP contribution in [0.15, 0.2) is 70.3 Å². The lowest BCUT2D eigenvalue weighted by molar-refractivity contribution is 0.627. The largest absolute Gasteiger partial charge is 0.294 e. The molecule has 2 aromatic heterocycles. The van der Waals surface area contributed by atoms with Crippen molar-refractivity contribution in [2.45, 2.75) is 6.54 Å². The van der Waals surface area contributed by atoms with Gasteiger partial charge in [0.2, 0.25) is 0 Å². The van der Waals surface area contributed by atoms with E-state index in [0.29, 0.717) is 23.3 Å². The molecule has 7 heteroatoms. The van der Waals surface area contributed by atoms with Gasteiger partial charge in [0.05, 0.1) is 18.4 Å². The van der Waals surface area contributed by atoms with Gasteiger partial charge in [-0.3, -0.25) is 9.36 Å². The first-order valence-corrected chi connectivity index (χ1v) is 8.35. The van der Waals surface area contributed by atoms with Gasteiger partial charge >= 0.3 is 0 Å². The van der Waals surface area contributed by atoms with Crippen molar-refractivity contribution in [3.05, 3.63) is 87.3 Å². The Kier molecular flexibility index (Phi) is 3.93. The number of halogens is 2. The summed E-state index contributed by atoms with van der Waals surface area (Å²) in [5, 5.41) is 4.65. The molecule has 4 rings (SSSR count). The molecular formula is C18H12BrFN4O. The van der Waals surface area contributed by atoms with Crippen LogP contribution in [0.1, 0.15) is 5.56 Å². The van der Waals surface area contributed by atoms with Crippen molar-refractivity contribution in [1.82, 2.24) is 19.3 Å². The number of rotatable bonds is 3. The molecule has 0 N–H and O–H groups in total. The quantitative estimate of drug-likeness (QED) is 0.530. The molecule has 0 aliphatic carbocycles. The molecule has 5 nitrogen and oxygen atoms in total. The van der Waals surface area contributed by atoms with Gasteiger partial charge < -0.3 is 0 Å². The molecule has 0 spiro atoms. The van der Waals surface area contributed by atoms with E-state index in [-0.39, 0.29) is 11.4 Å². The number of benzene rings is 2. The molecule has 0 aliphatic heterocycles. The van der Waals surface area contributed by atoms with E-state index in [1.165, 1.54) is 29.3 Å². The van der Waals surface area contributed by atoms with Gasteiger partial charge in [-0.1, -0.05) is 28.1 Å². The van der Waals surface area contributed by atoms with Gasteiger partial charge in [0.15, 0.2) is 5.65 Å². The average Bonchev–Trinajstić information content (AvgIpc) is 3.05. The smallest absolute Gasteiger partial charge is 0.264 e. The molecule has 124 valence electrons. The molecule has 0 radical (unpaired) electrons. The molecular weight excluding hydrogens is 387 g/mol. The third-order valence-corrected chi connectivity index (χ3v) is 4.42. The van der Waals surface area contributed by atoms with Gasteiger partial charge in [0.1, 0.15) is 17.5 Å². The Morgan fingerprint density at radius 1 is 1.04 bits per heavy atom. The average molecular weight is 399 g/mol. The summed E-state index contributed by atoms with van der Waals surface area (Å²) in [5.74, 6) is -0.329. The van der Waals surface area contributed by atoms with Crippen LogP contribution in [0.5, 0.6) is 0 Å². The van der Waals surface area contributed by atoms with Gasteiger partial charge in [-0.2, -0.15) is 5.10 Å². The highest BCUT2D eigenvalue weighted by Crippen LogP contribution is 2.15. The monoisotopic (exact) mass is 398 g/mol. The van der Waals surface area contributed by atoms with Crippen LogP contribution in [0.2, 0.25) is 0 Å². The molecule has 0 saturated heterocycles. The van der Waals surface area contributed by atoms with E-state index < -0.39 is 0 Å². The minimum absolute atomic E-state index is 0.165. The molecule has 0 unspecified atom stereocenters. The van der Waals surface area contributed by atoms with Crippen LogP contribution in [-0.2, 0) is 6.54 Å². The zero-order chi connectivity index (χ0) is 17.4. The lowest BCUT2D eigenvalue weighted by Crippen LogP contribution is -2.21. The van der Waals surface area contributed by atoms with Gasteiger partial charge in [-0.25, -0.2) is 14.1 Å². The Balaban J connectivity index is 1.75. The van der Waals surface area contributed by atoms with Crippen molar-refractivity contribution < 1.29 is 4.39 Å². The summed E-state index contributed by atoms with van der Waals surface area (Å²) in [4.78, 5) is 17.1. The SMILES string of the molecule is O=c1c2cnn(-c3ccc(F)cc3)c2ncn1Cc1ccc(Br)cc1. The first kappa shape index (κ1) is 15.7. The van der Waals surface area contributed by atoms with Crippen LogP contribution >= 0.6 is 15.9 Å². The number of aromatic nitrogens is 4. The normalized spacial score (nSPS) is 11.1. The lowest BCUT2D eigenvalue weighted by atomic mass is 10.2. The maximum Gasteiger partial charge on any atom is 0.264 e. The molecule has 2 aromatic carbocycles. The molecule has 0 saturated carbocycles. The Hall–Kier alpha value is -2.80. The standard InChI is InChI=1S/C18H12BrFN4O/c19-13-3-1-12(2-4-13)10-23-11-21-17-16(18(23)25)9-22-24(17)15-7-5-14(20)6-8-15/h1-9,11H,10H2. The third kappa shape index (κ3) is 2.98. The molecule has 0 bridgehead atoms. The maximum absolute atomic E-state index is 13.1. The second-order valence-corrected chi connectivity index (χ2v) is 6.49. The fraction of sp³-hybridized carbons (Fsp3) is 0.0556. The van der Waals surface area contributed by atoms with Gasteiger partial charge in [-0.15, -0.1) is 0 Å². The third-order valence-electron chi connectivity index (χ3n) is 3.89. The van der Waals surface area contributed by atoms with E-state index in [0.717, 1.165) is 10.0 Å². The minimum atomic E-state index is -0.329. The first-order valence-electron chi connectivity index (χ1n) is 7.55. The van der Waals surface area contributed by atoms with Gasteiger partial charge in [0.25, 0.3) is 5.56 Å². The summed E-state index contributed by atoms with van der Waals surface area (Å²) >= 11 is 3.39. The first-order chi connectivity index (χ1) is 12.1. The van der Waals surface area contributed by atoms with Crippen LogP contribution in [-0.4, -0.2) is 19.3 Å². The van der Waals surface area contributed by atoms with E-state index in [1.807, 2.05) is 24.3 Å². The van der Waals surface area contributed by atoms with E-state index >= 15 is 0 Å². The summed E-state index contributed by atoms with van der Waals surface area (Å²) < 4.78 is 17.1. The fourth-order valence-corrected chi connectivity index (χ4v) is 2.88. The summed E-state index contributed by atoms with van der Waals surface area (Å²) in [5.41, 5.74) is 1.93. The highest BCUT2D eigenvalue weighted by atomic mass is 79.9. The molecule has 4 aromatic rings. The topological polar surface area (TPSA) is 52.7 Å². The van der Waals surface area contributed by atoms with Crippen molar-refractivity contribution in [3.8, 4) is 5.69 Å². The summed E-state index contributed by atoms with van der Waals surface area (Å²) in [6, 6.07) is 13.6. The molecule has 0 amide bonds. The molecule has 25 heavy (non-hydrogen) atoms. The van der Waals surface area contributed by atoms with Crippen LogP contribution in [0.4, 0.5) is 4.39 Å². The van der Waals surface area contributed by atoms with E-state index in [2.05, 4.69) is 26.0 Å². The number of hydrogen-bond donors (Lipinski definition) is 0. The van der Waals surface area contributed by atoms with Crippen LogP contribution in [0, 0.1) is 5.82 Å². The van der Waals surface area contributed by atoms with Gasteiger partial charge in [-0.05, 0) is 42.0 Å². The number of nitrogens with zero attached hydrogens (tertiary/aromatic N) is 4. The predicted octanol–water partition coefficient (Wildman–Crippen LogP) is 3.53.